The number of ketones is 1. The lowest BCUT2D eigenvalue weighted by Gasteiger charge is -2.16. The topological polar surface area (TPSA) is 64.8 Å². The van der Waals surface area contributed by atoms with E-state index in [2.05, 4.69) is 0 Å². The number of hydrogen-bond acceptors (Lipinski definition) is 5. The van der Waals surface area contributed by atoms with E-state index in [4.69, 9.17) is 15.2 Å². The summed E-state index contributed by atoms with van der Waals surface area (Å²) in [5.74, 6) is 1.09. The molecule has 0 radical (unpaired) electrons. The normalized spacial score (nSPS) is 11.2. The van der Waals surface area contributed by atoms with Gasteiger partial charge >= 0.3 is 0 Å². The summed E-state index contributed by atoms with van der Waals surface area (Å²) in [5, 5.41) is 0. The monoisotopic (exact) mass is 368 g/mol. The van der Waals surface area contributed by atoms with Crippen molar-refractivity contribution in [2.45, 2.75) is 19.8 Å². The van der Waals surface area contributed by atoms with Gasteiger partial charge in [-0.1, -0.05) is 19.4 Å². The van der Waals surface area contributed by atoms with Crippen LogP contribution in [-0.2, 0) is 0 Å². The van der Waals surface area contributed by atoms with Crippen LogP contribution in [0.2, 0.25) is 0 Å². The fourth-order valence-corrected chi connectivity index (χ4v) is 2.96. The molecule has 144 valence electrons. The van der Waals surface area contributed by atoms with Gasteiger partial charge in [0, 0.05) is 19.7 Å². The van der Waals surface area contributed by atoms with Crippen molar-refractivity contribution < 1.29 is 14.3 Å². The number of anilines is 2. The highest BCUT2D eigenvalue weighted by atomic mass is 16.5. The Hall–Kier alpha value is -2.95. The number of nitrogens with two attached hydrogens (primary N) is 1. The number of carbonyl (C=O) groups excluding carboxylic acids is 1. The number of methoxy groups -OCH3 is 2. The number of carbonyl (C=O) groups is 1. The molecule has 0 bridgehead atoms. The summed E-state index contributed by atoms with van der Waals surface area (Å²) in [5.41, 5.74) is 9.88. The number of allylic oxidation sites excluding steroid dienone is 1. The van der Waals surface area contributed by atoms with Crippen molar-refractivity contribution in [2.24, 2.45) is 0 Å². The van der Waals surface area contributed by atoms with Crippen molar-refractivity contribution in [3.05, 3.63) is 53.1 Å². The molecule has 0 atom stereocenters. The van der Waals surface area contributed by atoms with E-state index >= 15 is 0 Å². The number of rotatable bonds is 8. The van der Waals surface area contributed by atoms with Crippen molar-refractivity contribution >= 4 is 23.2 Å². The Morgan fingerprint density at radius 1 is 1.11 bits per heavy atom. The van der Waals surface area contributed by atoms with E-state index in [9.17, 15) is 4.79 Å². The van der Waals surface area contributed by atoms with Crippen molar-refractivity contribution in [1.82, 2.24) is 0 Å². The summed E-state index contributed by atoms with van der Waals surface area (Å²) in [6.45, 7) is 2.05. The van der Waals surface area contributed by atoms with Gasteiger partial charge in [-0.2, -0.15) is 0 Å². The van der Waals surface area contributed by atoms with Crippen LogP contribution < -0.4 is 20.1 Å². The highest BCUT2D eigenvalue weighted by Crippen LogP contribution is 2.29. The summed E-state index contributed by atoms with van der Waals surface area (Å²) in [7, 11) is 7.03. The molecular weight excluding hydrogens is 340 g/mol. The molecule has 0 aliphatic carbocycles. The molecule has 0 fully saturated rings. The van der Waals surface area contributed by atoms with Crippen LogP contribution in [-0.4, -0.2) is 34.1 Å². The van der Waals surface area contributed by atoms with Gasteiger partial charge in [0.2, 0.25) is 0 Å². The van der Waals surface area contributed by atoms with Gasteiger partial charge in [0.1, 0.15) is 11.5 Å². The molecule has 0 saturated carbocycles. The first-order chi connectivity index (χ1) is 12.9. The summed E-state index contributed by atoms with van der Waals surface area (Å²) >= 11 is 0. The molecule has 0 spiro atoms. The summed E-state index contributed by atoms with van der Waals surface area (Å²) in [6.07, 6.45) is 3.42. The van der Waals surface area contributed by atoms with E-state index in [1.165, 1.54) is 0 Å². The summed E-state index contributed by atoms with van der Waals surface area (Å²) in [6, 6.07) is 11.1. The van der Waals surface area contributed by atoms with Gasteiger partial charge in [-0.25, -0.2) is 0 Å². The lowest BCUT2D eigenvalue weighted by Crippen LogP contribution is -2.11. The van der Waals surface area contributed by atoms with E-state index in [0.717, 1.165) is 17.7 Å². The van der Waals surface area contributed by atoms with Crippen LogP contribution in [0.25, 0.3) is 6.08 Å². The Bertz CT molecular complexity index is 841. The molecule has 0 unspecified atom stereocenters. The Labute approximate surface area is 161 Å². The Kier molecular flexibility index (Phi) is 6.88. The third-order valence-corrected chi connectivity index (χ3v) is 4.34. The maximum Gasteiger partial charge on any atom is 0.192 e. The molecule has 2 N–H and O–H groups in total. The molecule has 0 saturated heterocycles. The van der Waals surface area contributed by atoms with Crippen LogP contribution in [0.15, 0.2) is 42.0 Å². The molecule has 2 aromatic carbocycles. The second-order valence-electron chi connectivity index (χ2n) is 6.53. The Morgan fingerprint density at radius 2 is 1.85 bits per heavy atom. The zero-order chi connectivity index (χ0) is 20.0. The van der Waals surface area contributed by atoms with E-state index in [0.29, 0.717) is 34.7 Å². The standard InChI is InChI=1S/C22H28N2O3/c1-6-7-16(12-15-8-10-20(24(2)3)19(23)13-15)22(25)18-14-17(26-4)9-11-21(18)27-5/h8-14H,6-7,23H2,1-5H3. The Balaban J connectivity index is 2.46. The van der Waals surface area contributed by atoms with Crippen molar-refractivity contribution in [3.8, 4) is 11.5 Å². The quantitative estimate of drug-likeness (QED) is 0.424. The largest absolute Gasteiger partial charge is 0.497 e. The average molecular weight is 368 g/mol. The van der Waals surface area contributed by atoms with Crippen LogP contribution in [0, 0.1) is 0 Å². The summed E-state index contributed by atoms with van der Waals surface area (Å²) in [4.78, 5) is 15.2. The van der Waals surface area contributed by atoms with Gasteiger partial charge in [-0.05, 0) is 48.4 Å². The molecule has 0 aliphatic heterocycles. The van der Waals surface area contributed by atoms with Gasteiger partial charge < -0.3 is 20.1 Å². The van der Waals surface area contributed by atoms with Crippen LogP contribution in [0.1, 0.15) is 35.7 Å². The number of nitrogens with zero attached hydrogens (tertiary/aromatic N) is 1. The van der Waals surface area contributed by atoms with Gasteiger partial charge in [-0.15, -0.1) is 0 Å². The summed E-state index contributed by atoms with van der Waals surface area (Å²) < 4.78 is 10.6. The van der Waals surface area contributed by atoms with Crippen molar-refractivity contribution in [2.75, 3.05) is 38.9 Å². The maximum absolute atomic E-state index is 13.2. The first-order valence-corrected chi connectivity index (χ1v) is 8.95. The van der Waals surface area contributed by atoms with Gasteiger partial charge in [0.15, 0.2) is 5.78 Å². The predicted molar refractivity (Wildman–Crippen MR) is 112 cm³/mol. The smallest absolute Gasteiger partial charge is 0.192 e. The van der Waals surface area contributed by atoms with E-state index in [1.54, 1.807) is 32.4 Å². The molecule has 0 amide bonds. The number of Topliss-reactive ketones (excluding diaryl/α,β-unsaturated/α-hetero) is 1. The van der Waals surface area contributed by atoms with Crippen LogP contribution in [0.5, 0.6) is 11.5 Å². The molecule has 0 aromatic heterocycles. The molecule has 5 nitrogen and oxygen atoms in total. The van der Waals surface area contributed by atoms with Crippen molar-refractivity contribution in [1.29, 1.82) is 0 Å². The highest BCUT2D eigenvalue weighted by Gasteiger charge is 2.18. The lowest BCUT2D eigenvalue weighted by molar-refractivity contribution is 0.102. The molecule has 27 heavy (non-hydrogen) atoms. The minimum Gasteiger partial charge on any atom is -0.497 e. The van der Waals surface area contributed by atoms with Gasteiger partial charge in [-0.3, -0.25) is 4.79 Å². The minimum absolute atomic E-state index is 0.0668. The van der Waals surface area contributed by atoms with Crippen molar-refractivity contribution in [3.63, 3.8) is 0 Å². The fourth-order valence-electron chi connectivity index (χ4n) is 2.96. The second-order valence-corrected chi connectivity index (χ2v) is 6.53. The third kappa shape index (κ3) is 4.82. The molecule has 2 aromatic rings. The number of ether oxygens (including phenoxy) is 2. The molecular formula is C22H28N2O3. The first-order valence-electron chi connectivity index (χ1n) is 8.95. The van der Waals surface area contributed by atoms with E-state index < -0.39 is 0 Å². The van der Waals surface area contributed by atoms with Crippen LogP contribution in [0.3, 0.4) is 0 Å². The number of benzene rings is 2. The van der Waals surface area contributed by atoms with E-state index in [1.807, 2.05) is 50.2 Å². The Morgan fingerprint density at radius 3 is 2.41 bits per heavy atom. The van der Waals surface area contributed by atoms with Crippen LogP contribution >= 0.6 is 0 Å². The first kappa shape index (κ1) is 20.4. The molecule has 5 heteroatoms. The minimum atomic E-state index is -0.0668. The zero-order valence-electron chi connectivity index (χ0n) is 16.7. The third-order valence-electron chi connectivity index (χ3n) is 4.34. The highest BCUT2D eigenvalue weighted by molar-refractivity contribution is 6.13. The maximum atomic E-state index is 13.2. The predicted octanol–water partition coefficient (Wildman–Crippen LogP) is 4.42. The zero-order valence-corrected chi connectivity index (χ0v) is 16.7. The molecule has 0 heterocycles. The molecule has 0 aliphatic rings. The van der Waals surface area contributed by atoms with E-state index in [-0.39, 0.29) is 5.78 Å². The SMILES string of the molecule is CCCC(=Cc1ccc(N(C)C)c(N)c1)C(=O)c1cc(OC)ccc1OC. The number of hydrogen-bond donors (Lipinski definition) is 1. The average Bonchev–Trinajstić information content (AvgIpc) is 2.66. The molecule has 2 rings (SSSR count). The number of nitrogen functional groups attached to an aromatic ring is 1. The second kappa shape index (κ2) is 9.12. The van der Waals surface area contributed by atoms with Crippen LogP contribution in [0.4, 0.5) is 11.4 Å². The fraction of sp³-hybridized carbons (Fsp3) is 0.318. The van der Waals surface area contributed by atoms with Gasteiger partial charge in [0.05, 0.1) is 31.2 Å². The van der Waals surface area contributed by atoms with Gasteiger partial charge in [0.25, 0.3) is 0 Å². The lowest BCUT2D eigenvalue weighted by atomic mass is 9.96.